The van der Waals surface area contributed by atoms with Gasteiger partial charge in [-0.3, -0.25) is 14.4 Å². The molecule has 0 spiro atoms. The fraction of sp³-hybridized carbons (Fsp3) is 0.721. The number of methoxy groups -OCH3 is 1. The standard InChI is InChI=1S/C43H66N6O10/c1-12-32-43(8)37(49(41(54)59-43)18-14-13-17-48-22-30(46-23-48)29-15-16-33(44)45-21-29)26(4)34(50)24(2)20-42(7,55-11)38(27(5)35(51)28(6)39(53)57-32)58-40-36(52)31(47(9)10)19-25(3)56-40/h15-16,21-28,31-32,36-38,40,52H,12-14,17-20H2,1-11H3,(H2,44,45)/t24-,25-,26+,27+,28-,31+,32-,36-,37-,38-,40+,42+,43-/m1/s1. The zero-order chi connectivity index (χ0) is 43.6. The van der Waals surface area contributed by atoms with E-state index in [2.05, 4.69) is 9.97 Å². The molecule has 59 heavy (non-hydrogen) atoms. The van der Waals surface area contributed by atoms with Crippen LogP contribution in [0.5, 0.6) is 0 Å². The number of rotatable bonds is 11. The number of amides is 1. The molecule has 3 fully saturated rings. The SMILES string of the molecule is CC[C@H]1OC(=O)[C@H](C)C(=O)[C@H](C)[C@@H](O[C@@H]2O[C@H](C)C[C@H](N(C)C)[C@H]2O)[C@@](C)(OC)C[C@@H](C)C(=O)[C@H](C)[C@H]2N(CCCCn3cnc(-c4ccc(N)nc4)c3)C(=O)O[C@]12C. The molecule has 16 nitrogen and oxygen atoms in total. The monoisotopic (exact) mass is 826 g/mol. The van der Waals surface area contributed by atoms with Gasteiger partial charge in [0.2, 0.25) is 0 Å². The Morgan fingerprint density at radius 1 is 1.00 bits per heavy atom. The van der Waals surface area contributed by atoms with Gasteiger partial charge in [0.15, 0.2) is 17.7 Å². The Morgan fingerprint density at radius 2 is 1.69 bits per heavy atom. The van der Waals surface area contributed by atoms with Crippen molar-refractivity contribution < 1.29 is 48.0 Å². The topological polar surface area (TPSA) is 198 Å². The number of aliphatic hydroxyl groups is 1. The Balaban J connectivity index is 1.43. The van der Waals surface area contributed by atoms with Crippen molar-refractivity contribution in [3.8, 4) is 11.3 Å². The largest absolute Gasteiger partial charge is 0.458 e. The van der Waals surface area contributed by atoms with Crippen LogP contribution in [0.25, 0.3) is 11.3 Å². The molecular formula is C43H66N6O10. The molecule has 3 saturated heterocycles. The molecule has 2 aromatic rings. The van der Waals surface area contributed by atoms with Crippen LogP contribution >= 0.6 is 0 Å². The normalized spacial score (nSPS) is 36.3. The number of ketones is 2. The van der Waals surface area contributed by atoms with Crippen LogP contribution in [-0.4, -0.2) is 135 Å². The number of Topliss-reactive ketones (excluding diaryl/α,β-unsaturated/α-hetero) is 2. The average molecular weight is 827 g/mol. The minimum Gasteiger partial charge on any atom is -0.458 e. The summed E-state index contributed by atoms with van der Waals surface area (Å²) in [5.41, 5.74) is 4.66. The number of unbranched alkanes of at least 4 members (excludes halogenated alkanes) is 1. The molecule has 0 saturated carbocycles. The highest BCUT2D eigenvalue weighted by Crippen LogP contribution is 2.43. The lowest BCUT2D eigenvalue weighted by molar-refractivity contribution is -0.295. The molecule has 0 aliphatic carbocycles. The number of nitrogens with two attached hydrogens (primary N) is 1. The number of anilines is 1. The minimum absolute atomic E-state index is 0.123. The van der Waals surface area contributed by atoms with Gasteiger partial charge < -0.3 is 48.9 Å². The van der Waals surface area contributed by atoms with Gasteiger partial charge in [-0.25, -0.2) is 14.8 Å². The van der Waals surface area contributed by atoms with Crippen molar-refractivity contribution >= 4 is 29.4 Å². The van der Waals surface area contributed by atoms with Crippen LogP contribution in [0, 0.1) is 23.7 Å². The maximum Gasteiger partial charge on any atom is 0.410 e. The van der Waals surface area contributed by atoms with Crippen LogP contribution in [0.1, 0.15) is 87.5 Å². The van der Waals surface area contributed by atoms with E-state index in [1.807, 2.05) is 49.7 Å². The lowest BCUT2D eigenvalue weighted by Crippen LogP contribution is -2.60. The summed E-state index contributed by atoms with van der Waals surface area (Å²) in [6.07, 6.45) is 2.50. The van der Waals surface area contributed by atoms with E-state index < -0.39 is 83.4 Å². The van der Waals surface area contributed by atoms with E-state index in [4.69, 9.17) is 29.4 Å². The predicted molar refractivity (Wildman–Crippen MR) is 219 cm³/mol. The Kier molecular flexibility index (Phi) is 14.7. The molecule has 5 rings (SSSR count). The van der Waals surface area contributed by atoms with Crippen molar-refractivity contribution in [3.63, 3.8) is 0 Å². The first-order valence-electron chi connectivity index (χ1n) is 21.0. The summed E-state index contributed by atoms with van der Waals surface area (Å²) in [4.78, 5) is 69.0. The van der Waals surface area contributed by atoms with E-state index in [0.29, 0.717) is 31.6 Å². The van der Waals surface area contributed by atoms with Crippen molar-refractivity contribution in [2.24, 2.45) is 23.7 Å². The maximum absolute atomic E-state index is 14.7. The second-order valence-corrected chi connectivity index (χ2v) is 17.6. The summed E-state index contributed by atoms with van der Waals surface area (Å²) in [6.45, 7) is 14.9. The number of esters is 1. The Morgan fingerprint density at radius 3 is 2.32 bits per heavy atom. The van der Waals surface area contributed by atoms with Gasteiger partial charge in [0.25, 0.3) is 0 Å². The van der Waals surface area contributed by atoms with Gasteiger partial charge >= 0.3 is 12.1 Å². The fourth-order valence-corrected chi connectivity index (χ4v) is 9.47. The second-order valence-electron chi connectivity index (χ2n) is 17.6. The average Bonchev–Trinajstić information content (AvgIpc) is 3.77. The number of hydrogen-bond donors (Lipinski definition) is 2. The lowest BCUT2D eigenvalue weighted by atomic mass is 9.73. The van der Waals surface area contributed by atoms with E-state index in [1.165, 1.54) is 14.0 Å². The highest BCUT2D eigenvalue weighted by Gasteiger charge is 2.60. The van der Waals surface area contributed by atoms with E-state index >= 15 is 0 Å². The van der Waals surface area contributed by atoms with E-state index in [1.54, 1.807) is 58.1 Å². The van der Waals surface area contributed by atoms with Crippen molar-refractivity contribution in [1.29, 1.82) is 0 Å². The minimum atomic E-state index is -1.41. The van der Waals surface area contributed by atoms with Crippen LogP contribution in [0.15, 0.2) is 30.9 Å². The zero-order valence-corrected chi connectivity index (χ0v) is 36.6. The number of imidazole rings is 1. The van der Waals surface area contributed by atoms with Crippen LogP contribution in [0.2, 0.25) is 0 Å². The Bertz CT molecular complexity index is 1790. The molecule has 3 N–H and O–H groups in total. The molecule has 16 heteroatoms. The number of aryl methyl sites for hydroxylation is 1. The molecule has 2 aromatic heterocycles. The van der Waals surface area contributed by atoms with Gasteiger partial charge in [-0.2, -0.15) is 0 Å². The first-order chi connectivity index (χ1) is 27.8. The van der Waals surface area contributed by atoms with Crippen LogP contribution in [0.3, 0.4) is 0 Å². The van der Waals surface area contributed by atoms with Gasteiger partial charge in [0.1, 0.15) is 29.7 Å². The van der Waals surface area contributed by atoms with Gasteiger partial charge in [-0.15, -0.1) is 0 Å². The van der Waals surface area contributed by atoms with Crippen LogP contribution < -0.4 is 5.73 Å². The van der Waals surface area contributed by atoms with E-state index in [-0.39, 0.29) is 37.3 Å². The van der Waals surface area contributed by atoms with E-state index in [9.17, 15) is 24.3 Å². The van der Waals surface area contributed by atoms with Crippen molar-refractivity contribution in [2.45, 2.75) is 148 Å². The van der Waals surface area contributed by atoms with Gasteiger partial charge in [-0.1, -0.05) is 27.7 Å². The number of hydrogen-bond acceptors (Lipinski definition) is 14. The molecule has 0 aromatic carbocycles. The summed E-state index contributed by atoms with van der Waals surface area (Å²) < 4.78 is 33.2. The smallest absolute Gasteiger partial charge is 0.410 e. The molecule has 0 unspecified atom stereocenters. The Hall–Kier alpha value is -3.96. The number of likely N-dealkylation sites (N-methyl/N-ethyl adjacent to an activating group) is 1. The zero-order valence-electron chi connectivity index (χ0n) is 36.6. The van der Waals surface area contributed by atoms with Gasteiger partial charge in [-0.05, 0) is 86.0 Å². The quantitative estimate of drug-likeness (QED) is 0.182. The Labute approximate surface area is 348 Å². The van der Waals surface area contributed by atoms with Crippen molar-refractivity contribution in [1.82, 2.24) is 24.3 Å². The van der Waals surface area contributed by atoms with Gasteiger partial charge in [0, 0.05) is 62.0 Å². The summed E-state index contributed by atoms with van der Waals surface area (Å²) in [6, 6.07) is 2.50. The number of ether oxygens (including phenoxy) is 5. The van der Waals surface area contributed by atoms with Gasteiger partial charge in [0.05, 0.1) is 35.9 Å². The summed E-state index contributed by atoms with van der Waals surface area (Å²) in [7, 11) is 5.23. The summed E-state index contributed by atoms with van der Waals surface area (Å²) >= 11 is 0. The number of aliphatic hydroxyl groups excluding tert-OH is 1. The number of pyridine rings is 1. The molecule has 0 bridgehead atoms. The number of nitrogen functional groups attached to an aromatic ring is 1. The molecule has 328 valence electrons. The summed E-state index contributed by atoms with van der Waals surface area (Å²) in [5.74, 6) is -4.57. The first-order valence-corrected chi connectivity index (χ1v) is 21.0. The molecular weight excluding hydrogens is 761 g/mol. The molecule has 3 aliphatic rings. The van der Waals surface area contributed by atoms with Crippen molar-refractivity contribution in [3.05, 3.63) is 30.9 Å². The number of carbonyl (C=O) groups is 4. The first kappa shape index (κ1) is 46.1. The molecule has 5 heterocycles. The number of carbonyl (C=O) groups excluding carboxylic acids is 4. The fourth-order valence-electron chi connectivity index (χ4n) is 9.47. The van der Waals surface area contributed by atoms with Crippen molar-refractivity contribution in [2.75, 3.05) is 33.5 Å². The molecule has 3 aliphatic heterocycles. The molecule has 0 radical (unpaired) electrons. The number of fused-ring (bicyclic) bond motifs is 1. The maximum atomic E-state index is 14.7. The second kappa shape index (κ2) is 18.8. The number of cyclic esters (lactones) is 1. The van der Waals surface area contributed by atoms with Crippen LogP contribution in [-0.2, 0) is 44.6 Å². The number of nitrogens with zero attached hydrogens (tertiary/aromatic N) is 5. The third-order valence-electron chi connectivity index (χ3n) is 12.9. The molecule has 13 atom stereocenters. The molecule has 1 amide bonds. The summed E-state index contributed by atoms with van der Waals surface area (Å²) in [5, 5.41) is 11.4. The third kappa shape index (κ3) is 9.67. The third-order valence-corrected chi connectivity index (χ3v) is 12.9. The van der Waals surface area contributed by atoms with E-state index in [0.717, 1.165) is 11.3 Å². The number of aromatic nitrogens is 3. The lowest BCUT2D eigenvalue weighted by Gasteiger charge is -2.47. The highest BCUT2D eigenvalue weighted by atomic mass is 16.7. The van der Waals surface area contributed by atoms with Crippen LogP contribution in [0.4, 0.5) is 10.6 Å². The predicted octanol–water partition coefficient (Wildman–Crippen LogP) is 4.51. The highest BCUT2D eigenvalue weighted by molar-refractivity contribution is 6.00.